The van der Waals surface area contributed by atoms with Gasteiger partial charge >= 0.3 is 5.97 Å². The Labute approximate surface area is 137 Å². The summed E-state index contributed by atoms with van der Waals surface area (Å²) in [5.41, 5.74) is 1.00. The molecular weight excluding hydrogens is 312 g/mol. The third kappa shape index (κ3) is 3.12. The SMILES string of the molecule is C=CCCOc1nc(-c2ncc(C(=O)OCC)o2)cn2ccnc12. The first-order chi connectivity index (χ1) is 11.7. The Morgan fingerprint density at radius 3 is 3.12 bits per heavy atom. The van der Waals surface area contributed by atoms with Crippen LogP contribution in [0.1, 0.15) is 23.9 Å². The molecule has 0 atom stereocenters. The number of aromatic nitrogens is 4. The summed E-state index contributed by atoms with van der Waals surface area (Å²) in [7, 11) is 0. The summed E-state index contributed by atoms with van der Waals surface area (Å²) in [6.07, 6.45) is 8.85. The van der Waals surface area contributed by atoms with Crippen LogP contribution in [0.3, 0.4) is 0 Å². The van der Waals surface area contributed by atoms with Gasteiger partial charge in [-0.3, -0.25) is 0 Å². The summed E-state index contributed by atoms with van der Waals surface area (Å²) in [6, 6.07) is 0. The Hall–Kier alpha value is -3.16. The van der Waals surface area contributed by atoms with E-state index in [4.69, 9.17) is 13.9 Å². The molecule has 0 amide bonds. The van der Waals surface area contributed by atoms with Crippen molar-refractivity contribution >= 4 is 11.6 Å². The van der Waals surface area contributed by atoms with Crippen molar-refractivity contribution in [2.45, 2.75) is 13.3 Å². The average molecular weight is 328 g/mol. The molecule has 0 radical (unpaired) electrons. The van der Waals surface area contributed by atoms with Crippen LogP contribution in [-0.4, -0.2) is 38.5 Å². The third-order valence-corrected chi connectivity index (χ3v) is 3.11. The fraction of sp³-hybridized carbons (Fsp3) is 0.250. The maximum atomic E-state index is 11.7. The van der Waals surface area contributed by atoms with Crippen LogP contribution in [0.15, 0.2) is 41.9 Å². The van der Waals surface area contributed by atoms with Gasteiger partial charge in [-0.1, -0.05) is 6.08 Å². The van der Waals surface area contributed by atoms with Gasteiger partial charge in [-0.15, -0.1) is 6.58 Å². The van der Waals surface area contributed by atoms with E-state index >= 15 is 0 Å². The molecule has 0 aliphatic carbocycles. The largest absolute Gasteiger partial charge is 0.475 e. The van der Waals surface area contributed by atoms with E-state index in [1.54, 1.807) is 36.0 Å². The van der Waals surface area contributed by atoms with Crippen molar-refractivity contribution in [2.24, 2.45) is 0 Å². The lowest BCUT2D eigenvalue weighted by Gasteiger charge is -2.06. The van der Waals surface area contributed by atoms with Gasteiger partial charge in [0.25, 0.3) is 5.88 Å². The van der Waals surface area contributed by atoms with Crippen molar-refractivity contribution < 1.29 is 18.7 Å². The number of carbonyl (C=O) groups is 1. The van der Waals surface area contributed by atoms with E-state index < -0.39 is 5.97 Å². The molecule has 0 bridgehead atoms. The minimum atomic E-state index is -0.567. The van der Waals surface area contributed by atoms with Crippen molar-refractivity contribution in [1.82, 2.24) is 19.4 Å². The molecular formula is C16H16N4O4. The van der Waals surface area contributed by atoms with Gasteiger partial charge in [0.1, 0.15) is 5.69 Å². The molecule has 0 unspecified atom stereocenters. The zero-order valence-electron chi connectivity index (χ0n) is 13.1. The molecule has 0 N–H and O–H groups in total. The smallest absolute Gasteiger partial charge is 0.375 e. The summed E-state index contributed by atoms with van der Waals surface area (Å²) >= 11 is 0. The number of rotatable bonds is 7. The van der Waals surface area contributed by atoms with Gasteiger partial charge in [0.15, 0.2) is 0 Å². The molecule has 8 nitrogen and oxygen atoms in total. The first kappa shape index (κ1) is 15.7. The summed E-state index contributed by atoms with van der Waals surface area (Å²) in [6.45, 7) is 6.06. The van der Waals surface area contributed by atoms with Gasteiger partial charge in [0.2, 0.25) is 17.3 Å². The molecule has 0 aliphatic rings. The van der Waals surface area contributed by atoms with Crippen molar-refractivity contribution in [1.29, 1.82) is 0 Å². The van der Waals surface area contributed by atoms with E-state index in [1.165, 1.54) is 6.20 Å². The molecule has 3 aromatic rings. The van der Waals surface area contributed by atoms with Gasteiger partial charge < -0.3 is 18.3 Å². The number of oxazole rings is 1. The minimum absolute atomic E-state index is 0.0218. The van der Waals surface area contributed by atoms with Crippen molar-refractivity contribution in [3.8, 4) is 17.5 Å². The topological polar surface area (TPSA) is 91.8 Å². The number of fused-ring (bicyclic) bond motifs is 1. The summed E-state index contributed by atoms with van der Waals surface area (Å²) in [5, 5.41) is 0. The van der Waals surface area contributed by atoms with Crippen LogP contribution in [-0.2, 0) is 4.74 Å². The first-order valence-electron chi connectivity index (χ1n) is 7.43. The van der Waals surface area contributed by atoms with Crippen LogP contribution in [0.5, 0.6) is 5.88 Å². The van der Waals surface area contributed by atoms with Gasteiger partial charge in [-0.05, 0) is 13.3 Å². The highest BCUT2D eigenvalue weighted by atomic mass is 16.5. The molecule has 0 spiro atoms. The predicted molar refractivity (Wildman–Crippen MR) is 84.7 cm³/mol. The molecule has 3 rings (SSSR count). The second kappa shape index (κ2) is 6.95. The molecule has 0 aliphatic heterocycles. The summed E-state index contributed by atoms with van der Waals surface area (Å²) < 4.78 is 17.7. The molecule has 0 saturated heterocycles. The van der Waals surface area contributed by atoms with Crippen molar-refractivity contribution in [2.75, 3.05) is 13.2 Å². The molecule has 3 aromatic heterocycles. The number of carbonyl (C=O) groups excluding carboxylic acids is 1. The first-order valence-corrected chi connectivity index (χ1v) is 7.43. The number of hydrogen-bond donors (Lipinski definition) is 0. The van der Waals surface area contributed by atoms with E-state index in [9.17, 15) is 4.79 Å². The van der Waals surface area contributed by atoms with Crippen LogP contribution in [0.4, 0.5) is 0 Å². The van der Waals surface area contributed by atoms with E-state index in [1.807, 2.05) is 0 Å². The maximum absolute atomic E-state index is 11.7. The number of nitrogens with zero attached hydrogens (tertiary/aromatic N) is 4. The zero-order chi connectivity index (χ0) is 16.9. The van der Waals surface area contributed by atoms with Crippen LogP contribution in [0.2, 0.25) is 0 Å². The summed E-state index contributed by atoms with van der Waals surface area (Å²) in [4.78, 5) is 24.4. The maximum Gasteiger partial charge on any atom is 0.375 e. The fourth-order valence-electron chi connectivity index (χ4n) is 2.03. The normalized spacial score (nSPS) is 10.7. The van der Waals surface area contributed by atoms with Gasteiger partial charge in [-0.25, -0.2) is 19.7 Å². The Bertz CT molecular complexity index is 868. The molecule has 24 heavy (non-hydrogen) atoms. The monoisotopic (exact) mass is 328 g/mol. The van der Waals surface area contributed by atoms with Crippen LogP contribution in [0, 0.1) is 0 Å². The Morgan fingerprint density at radius 2 is 2.33 bits per heavy atom. The number of ether oxygens (including phenoxy) is 2. The van der Waals surface area contributed by atoms with Gasteiger partial charge in [0, 0.05) is 18.6 Å². The number of imidazole rings is 1. The highest BCUT2D eigenvalue weighted by Crippen LogP contribution is 2.23. The van der Waals surface area contributed by atoms with E-state index in [0.29, 0.717) is 30.2 Å². The Kier molecular flexibility index (Phi) is 4.55. The molecule has 0 aromatic carbocycles. The molecule has 0 fully saturated rings. The lowest BCUT2D eigenvalue weighted by Crippen LogP contribution is -2.03. The number of esters is 1. The lowest BCUT2D eigenvalue weighted by molar-refractivity contribution is 0.0491. The standard InChI is InChI=1S/C16H16N4O4/c1-3-5-8-23-15-13-17-6-7-20(13)10-11(19-15)14-18-9-12(24-14)16(21)22-4-2/h3,6-7,9-10H,1,4-5,8H2,2H3. The van der Waals surface area contributed by atoms with Crippen LogP contribution in [0.25, 0.3) is 17.2 Å². The molecule has 0 saturated carbocycles. The zero-order valence-corrected chi connectivity index (χ0v) is 13.1. The second-order valence-electron chi connectivity index (χ2n) is 4.77. The van der Waals surface area contributed by atoms with E-state index in [2.05, 4.69) is 21.5 Å². The summed E-state index contributed by atoms with van der Waals surface area (Å²) in [5.74, 6) is 0.00776. The second-order valence-corrected chi connectivity index (χ2v) is 4.77. The lowest BCUT2D eigenvalue weighted by atomic mass is 10.4. The third-order valence-electron chi connectivity index (χ3n) is 3.11. The van der Waals surface area contributed by atoms with Gasteiger partial charge in [0.05, 0.1) is 19.4 Å². The fourth-order valence-corrected chi connectivity index (χ4v) is 2.03. The van der Waals surface area contributed by atoms with Crippen molar-refractivity contribution in [3.05, 3.63) is 43.2 Å². The molecule has 3 heterocycles. The van der Waals surface area contributed by atoms with E-state index in [-0.39, 0.29) is 18.3 Å². The minimum Gasteiger partial charge on any atom is -0.475 e. The molecule has 8 heteroatoms. The van der Waals surface area contributed by atoms with Crippen LogP contribution < -0.4 is 4.74 Å². The van der Waals surface area contributed by atoms with Crippen LogP contribution >= 0.6 is 0 Å². The quantitative estimate of drug-likeness (QED) is 0.374. The highest BCUT2D eigenvalue weighted by molar-refractivity contribution is 5.86. The number of hydrogen-bond acceptors (Lipinski definition) is 7. The Morgan fingerprint density at radius 1 is 1.46 bits per heavy atom. The van der Waals surface area contributed by atoms with Crippen molar-refractivity contribution in [3.63, 3.8) is 0 Å². The Balaban J connectivity index is 1.94. The average Bonchev–Trinajstić information content (AvgIpc) is 3.24. The molecule has 124 valence electrons. The van der Waals surface area contributed by atoms with E-state index in [0.717, 1.165) is 0 Å². The highest BCUT2D eigenvalue weighted by Gasteiger charge is 2.17. The predicted octanol–water partition coefficient (Wildman–Crippen LogP) is 2.52. The van der Waals surface area contributed by atoms with Gasteiger partial charge in [-0.2, -0.15) is 0 Å².